The third-order valence-corrected chi connectivity index (χ3v) is 7.20. The second kappa shape index (κ2) is 14.1. The molecule has 1 aromatic heterocycles. The predicted octanol–water partition coefficient (Wildman–Crippen LogP) is 8.94. The zero-order valence-corrected chi connectivity index (χ0v) is 26.0. The van der Waals surface area contributed by atoms with Crippen molar-refractivity contribution in [3.05, 3.63) is 131 Å². The van der Waals surface area contributed by atoms with E-state index in [1.807, 2.05) is 13.8 Å². The number of anilines is 2. The van der Waals surface area contributed by atoms with Crippen LogP contribution in [0.25, 0.3) is 23.0 Å². The van der Waals surface area contributed by atoms with Crippen molar-refractivity contribution in [3.8, 4) is 22.7 Å². The second-order valence-electron chi connectivity index (χ2n) is 10.7. The van der Waals surface area contributed by atoms with Crippen LogP contribution in [0.3, 0.4) is 0 Å². The maximum Gasteiger partial charge on any atom is 0.416 e. The molecule has 0 unspecified atom stereocenters. The van der Waals surface area contributed by atoms with Crippen LogP contribution in [0.1, 0.15) is 29.2 Å². The summed E-state index contributed by atoms with van der Waals surface area (Å²) in [7, 11) is 0. The van der Waals surface area contributed by atoms with Crippen LogP contribution in [0.15, 0.2) is 109 Å². The predicted molar refractivity (Wildman–Crippen MR) is 173 cm³/mol. The minimum Gasteiger partial charge on any atom is -0.494 e. The Hall–Kier alpha value is -5.85. The van der Waals surface area contributed by atoms with Crippen LogP contribution in [-0.4, -0.2) is 28.2 Å². The molecule has 4 aromatic carbocycles. The number of carbonyl (C=O) groups is 2. The van der Waals surface area contributed by atoms with Crippen LogP contribution in [0.5, 0.6) is 5.75 Å². The summed E-state index contributed by atoms with van der Waals surface area (Å²) in [5.41, 5.74) is -0.665. The van der Waals surface area contributed by atoms with Crippen LogP contribution < -0.4 is 15.4 Å². The molecule has 0 spiro atoms. The van der Waals surface area contributed by atoms with Crippen molar-refractivity contribution in [3.63, 3.8) is 0 Å². The number of aromatic nitrogens is 2. The Morgan fingerprint density at radius 1 is 0.776 bits per heavy atom. The van der Waals surface area contributed by atoms with E-state index in [1.165, 1.54) is 22.9 Å². The standard InChI is InChI=1S/C36H28F6N4O3/c1-3-49-31-16-15-23(17-22(31)2)32-24(21-46(45-32)29-13-5-4-6-14-29)18-30(33(47)43-27-11-7-9-25(19-27)35(37,38)39)34(48)44-28-12-8-10-26(20-28)36(40,41)42/h4-21H,3H2,1-2H3,(H,43,47)(H,44,48). The topological polar surface area (TPSA) is 85.2 Å². The third kappa shape index (κ3) is 8.36. The molecule has 1 heterocycles. The van der Waals surface area contributed by atoms with Crippen molar-refractivity contribution >= 4 is 29.3 Å². The van der Waals surface area contributed by atoms with Gasteiger partial charge in [-0.25, -0.2) is 4.68 Å². The first-order valence-corrected chi connectivity index (χ1v) is 14.8. The third-order valence-electron chi connectivity index (χ3n) is 7.20. The highest BCUT2D eigenvalue weighted by Crippen LogP contribution is 2.33. The fourth-order valence-corrected chi connectivity index (χ4v) is 4.88. The van der Waals surface area contributed by atoms with E-state index >= 15 is 0 Å². The summed E-state index contributed by atoms with van der Waals surface area (Å²) in [5, 5.41) is 9.33. The van der Waals surface area contributed by atoms with Crippen LogP contribution in [-0.2, 0) is 21.9 Å². The molecule has 5 rings (SSSR count). The molecule has 0 bridgehead atoms. The molecule has 0 radical (unpaired) electrons. The number of halogens is 6. The van der Waals surface area contributed by atoms with Gasteiger partial charge in [0.05, 0.1) is 29.1 Å². The highest BCUT2D eigenvalue weighted by atomic mass is 19.4. The Balaban J connectivity index is 1.63. The van der Waals surface area contributed by atoms with Crippen molar-refractivity contribution in [2.75, 3.05) is 17.2 Å². The molecule has 2 N–H and O–H groups in total. The van der Waals surface area contributed by atoms with E-state index in [4.69, 9.17) is 9.84 Å². The summed E-state index contributed by atoms with van der Waals surface area (Å²) in [6.45, 7) is 4.10. The van der Waals surface area contributed by atoms with Crippen molar-refractivity contribution in [1.29, 1.82) is 0 Å². The molecule has 252 valence electrons. The monoisotopic (exact) mass is 678 g/mol. The molecule has 0 saturated heterocycles. The van der Waals surface area contributed by atoms with Crippen LogP contribution in [0.4, 0.5) is 37.7 Å². The van der Waals surface area contributed by atoms with Gasteiger partial charge < -0.3 is 15.4 Å². The van der Waals surface area contributed by atoms with E-state index in [9.17, 15) is 35.9 Å². The number of hydrogen-bond acceptors (Lipinski definition) is 4. The maximum atomic E-state index is 13.7. The fraction of sp³-hybridized carbons (Fsp3) is 0.139. The van der Waals surface area contributed by atoms with Crippen LogP contribution >= 0.6 is 0 Å². The van der Waals surface area contributed by atoms with E-state index < -0.39 is 40.9 Å². The summed E-state index contributed by atoms with van der Waals surface area (Å²) in [4.78, 5) is 27.4. The summed E-state index contributed by atoms with van der Waals surface area (Å²) in [6, 6.07) is 21.8. The summed E-state index contributed by atoms with van der Waals surface area (Å²) in [6.07, 6.45) is -6.70. The number of aryl methyl sites for hydroxylation is 1. The van der Waals surface area contributed by atoms with Gasteiger partial charge in [-0.05, 0) is 92.2 Å². The van der Waals surface area contributed by atoms with E-state index in [2.05, 4.69) is 10.6 Å². The van der Waals surface area contributed by atoms with Crippen molar-refractivity contribution in [1.82, 2.24) is 9.78 Å². The smallest absolute Gasteiger partial charge is 0.416 e. The minimum absolute atomic E-state index is 0.251. The Morgan fingerprint density at radius 3 is 1.86 bits per heavy atom. The zero-order valence-electron chi connectivity index (χ0n) is 26.0. The van der Waals surface area contributed by atoms with Gasteiger partial charge in [-0.15, -0.1) is 0 Å². The summed E-state index contributed by atoms with van der Waals surface area (Å²) < 4.78 is 87.5. The Bertz CT molecular complexity index is 1940. The van der Waals surface area contributed by atoms with Crippen LogP contribution in [0.2, 0.25) is 0 Å². The molecule has 0 saturated carbocycles. The molecule has 0 fully saturated rings. The van der Waals surface area contributed by atoms with Gasteiger partial charge in [0.15, 0.2) is 0 Å². The largest absolute Gasteiger partial charge is 0.494 e. The first kappa shape index (κ1) is 34.5. The minimum atomic E-state index is -4.71. The molecule has 13 heteroatoms. The number of para-hydroxylation sites is 1. The Kier molecular flexibility index (Phi) is 9.92. The van der Waals surface area contributed by atoms with E-state index in [1.54, 1.807) is 54.7 Å². The molecule has 0 aliphatic carbocycles. The molecule has 49 heavy (non-hydrogen) atoms. The average molecular weight is 679 g/mol. The van der Waals surface area contributed by atoms with Gasteiger partial charge in [0.1, 0.15) is 11.3 Å². The fourth-order valence-electron chi connectivity index (χ4n) is 4.88. The normalized spacial score (nSPS) is 11.5. The summed E-state index contributed by atoms with van der Waals surface area (Å²) >= 11 is 0. The number of hydrogen-bond donors (Lipinski definition) is 2. The number of nitrogens with one attached hydrogen (secondary N) is 2. The number of alkyl halides is 6. The molecule has 2 amide bonds. The first-order chi connectivity index (χ1) is 23.2. The van der Waals surface area contributed by atoms with E-state index in [-0.39, 0.29) is 16.9 Å². The molecular weight excluding hydrogens is 650 g/mol. The second-order valence-corrected chi connectivity index (χ2v) is 10.7. The van der Waals surface area contributed by atoms with Crippen molar-refractivity contribution in [2.45, 2.75) is 26.2 Å². The van der Waals surface area contributed by atoms with Gasteiger partial charge in [0.25, 0.3) is 11.8 Å². The van der Waals surface area contributed by atoms with E-state index in [0.717, 1.165) is 29.8 Å². The Morgan fingerprint density at radius 2 is 1.35 bits per heavy atom. The van der Waals surface area contributed by atoms with Gasteiger partial charge >= 0.3 is 12.4 Å². The number of rotatable bonds is 9. The maximum absolute atomic E-state index is 13.7. The number of benzene rings is 4. The molecule has 0 aliphatic rings. The quantitative estimate of drug-likeness (QED) is 0.0706. The molecule has 5 aromatic rings. The highest BCUT2D eigenvalue weighted by molar-refractivity contribution is 6.29. The number of ether oxygens (including phenoxy) is 1. The van der Waals surface area contributed by atoms with Crippen molar-refractivity contribution < 1.29 is 40.7 Å². The highest BCUT2D eigenvalue weighted by Gasteiger charge is 2.32. The lowest BCUT2D eigenvalue weighted by Gasteiger charge is -2.13. The van der Waals surface area contributed by atoms with Gasteiger partial charge in [0, 0.05) is 28.7 Å². The van der Waals surface area contributed by atoms with Crippen LogP contribution in [0, 0.1) is 6.92 Å². The van der Waals surface area contributed by atoms with Gasteiger partial charge in [-0.1, -0.05) is 30.3 Å². The zero-order chi connectivity index (χ0) is 35.3. The molecule has 0 aliphatic heterocycles. The number of amides is 2. The lowest BCUT2D eigenvalue weighted by atomic mass is 10.0. The lowest BCUT2D eigenvalue weighted by molar-refractivity contribution is -0.138. The first-order valence-electron chi connectivity index (χ1n) is 14.8. The summed E-state index contributed by atoms with van der Waals surface area (Å²) in [5.74, 6) is -1.61. The molecular formula is C36H28F6N4O3. The van der Waals surface area contributed by atoms with Gasteiger partial charge in [-0.2, -0.15) is 31.4 Å². The molecule has 0 atom stereocenters. The molecule has 7 nitrogen and oxygen atoms in total. The number of nitrogens with zero attached hydrogens (tertiary/aromatic N) is 2. The number of carbonyl (C=O) groups excluding carboxylic acids is 2. The lowest BCUT2D eigenvalue weighted by Crippen LogP contribution is -2.25. The van der Waals surface area contributed by atoms with Crippen molar-refractivity contribution in [2.24, 2.45) is 0 Å². The Labute approximate surface area is 276 Å². The van der Waals surface area contributed by atoms with Gasteiger partial charge in [0.2, 0.25) is 0 Å². The SMILES string of the molecule is CCOc1ccc(-c2nn(-c3ccccc3)cc2C=C(C(=O)Nc2cccc(C(F)(F)F)c2)C(=O)Nc2cccc(C(F)(F)F)c2)cc1C. The van der Waals surface area contributed by atoms with Gasteiger partial charge in [-0.3, -0.25) is 9.59 Å². The van der Waals surface area contributed by atoms with E-state index in [0.29, 0.717) is 41.4 Å². The average Bonchev–Trinajstić information content (AvgIpc) is 3.48.